The van der Waals surface area contributed by atoms with E-state index in [9.17, 15) is 15.3 Å². The summed E-state index contributed by atoms with van der Waals surface area (Å²) in [4.78, 5) is 12.6. The van der Waals surface area contributed by atoms with Crippen molar-refractivity contribution in [1.29, 1.82) is 10.5 Å². The van der Waals surface area contributed by atoms with Crippen LogP contribution in [0.2, 0.25) is 0 Å². The average molecular weight is 336 g/mol. The molecule has 2 saturated carbocycles. The number of nitrogens with zero attached hydrogens (tertiary/aromatic N) is 2. The summed E-state index contributed by atoms with van der Waals surface area (Å²) in [6.07, 6.45) is 3.64. The fourth-order valence-electron chi connectivity index (χ4n) is 5.05. The van der Waals surface area contributed by atoms with E-state index in [1.165, 1.54) is 0 Å². The summed E-state index contributed by atoms with van der Waals surface area (Å²) in [5.41, 5.74) is 0.627. The van der Waals surface area contributed by atoms with E-state index >= 15 is 0 Å². The van der Waals surface area contributed by atoms with Crippen LogP contribution in [0.15, 0.2) is 24.3 Å². The summed E-state index contributed by atoms with van der Waals surface area (Å²) < 4.78 is 5.24. The Labute approximate surface area is 149 Å². The fourth-order valence-corrected chi connectivity index (χ4v) is 5.05. The van der Waals surface area contributed by atoms with Gasteiger partial charge in [0, 0.05) is 18.3 Å². The summed E-state index contributed by atoms with van der Waals surface area (Å²) in [5, 5.41) is 19.2. The topological polar surface area (TPSA) is 73.9 Å². The quantitative estimate of drug-likeness (QED) is 0.828. The number of hydrogen-bond acceptors (Lipinski definition) is 4. The highest BCUT2D eigenvalue weighted by molar-refractivity contribution is 5.81. The Morgan fingerprint density at radius 1 is 1.24 bits per heavy atom. The molecule has 0 bridgehead atoms. The zero-order valence-corrected chi connectivity index (χ0v) is 14.9. The number of carbonyl (C=O) groups is 1. The minimum absolute atomic E-state index is 0.0825. The van der Waals surface area contributed by atoms with Crippen molar-refractivity contribution in [2.75, 3.05) is 7.11 Å². The van der Waals surface area contributed by atoms with Gasteiger partial charge in [0.05, 0.1) is 19.2 Å². The maximum absolute atomic E-state index is 12.6. The van der Waals surface area contributed by atoms with E-state index in [2.05, 4.69) is 19.1 Å². The van der Waals surface area contributed by atoms with Gasteiger partial charge in [-0.1, -0.05) is 25.5 Å². The van der Waals surface area contributed by atoms with Crippen LogP contribution in [0.5, 0.6) is 5.75 Å². The summed E-state index contributed by atoms with van der Waals surface area (Å²) >= 11 is 0. The van der Waals surface area contributed by atoms with Crippen molar-refractivity contribution in [1.82, 2.24) is 0 Å². The highest BCUT2D eigenvalue weighted by atomic mass is 16.5. The first kappa shape index (κ1) is 17.5. The van der Waals surface area contributed by atoms with E-state index in [-0.39, 0.29) is 17.6 Å². The number of rotatable bonds is 3. The van der Waals surface area contributed by atoms with Gasteiger partial charge in [-0.25, -0.2) is 0 Å². The zero-order valence-electron chi connectivity index (χ0n) is 14.9. The van der Waals surface area contributed by atoms with Crippen molar-refractivity contribution < 1.29 is 9.53 Å². The molecule has 3 rings (SSSR count). The number of fused-ring (bicyclic) bond motifs is 1. The molecule has 0 saturated heterocycles. The van der Waals surface area contributed by atoms with Crippen molar-refractivity contribution >= 4 is 5.78 Å². The second kappa shape index (κ2) is 6.89. The molecule has 0 spiro atoms. The Bertz CT molecular complexity index is 714. The monoisotopic (exact) mass is 336 g/mol. The van der Waals surface area contributed by atoms with Crippen LogP contribution in [0.4, 0.5) is 0 Å². The summed E-state index contributed by atoms with van der Waals surface area (Å²) in [7, 11) is 1.64. The molecule has 4 heteroatoms. The Hall–Kier alpha value is -2.33. The van der Waals surface area contributed by atoms with Gasteiger partial charge >= 0.3 is 0 Å². The van der Waals surface area contributed by atoms with Gasteiger partial charge < -0.3 is 4.74 Å². The Morgan fingerprint density at radius 2 is 1.92 bits per heavy atom. The van der Waals surface area contributed by atoms with Crippen molar-refractivity contribution in [2.45, 2.75) is 44.9 Å². The maximum atomic E-state index is 12.6. The van der Waals surface area contributed by atoms with Gasteiger partial charge in [-0.05, 0) is 48.3 Å². The van der Waals surface area contributed by atoms with Crippen molar-refractivity contribution in [3.8, 4) is 17.9 Å². The molecule has 25 heavy (non-hydrogen) atoms. The van der Waals surface area contributed by atoms with Gasteiger partial charge in [0.15, 0.2) is 0 Å². The maximum Gasteiger partial charge on any atom is 0.139 e. The zero-order chi connectivity index (χ0) is 18.0. The molecule has 0 aromatic heterocycles. The molecule has 0 N–H and O–H groups in total. The first-order valence-electron chi connectivity index (χ1n) is 8.99. The lowest BCUT2D eigenvalue weighted by atomic mass is 9.49. The molecule has 130 valence electrons. The number of Topliss-reactive ketones (excluding diaryl/α,β-unsaturated/α-hetero) is 1. The number of ether oxygens (including phenoxy) is 1. The number of ketones is 1. The van der Waals surface area contributed by atoms with Crippen LogP contribution in [-0.4, -0.2) is 12.9 Å². The largest absolute Gasteiger partial charge is 0.497 e. The Balaban J connectivity index is 2.04. The molecule has 4 nitrogen and oxygen atoms in total. The smallest absolute Gasteiger partial charge is 0.139 e. The van der Waals surface area contributed by atoms with Gasteiger partial charge in [0.25, 0.3) is 0 Å². The minimum atomic E-state index is -0.713. The van der Waals surface area contributed by atoms with Crippen LogP contribution in [0.3, 0.4) is 0 Å². The lowest BCUT2D eigenvalue weighted by molar-refractivity contribution is -0.131. The molecule has 4 atom stereocenters. The molecule has 0 amide bonds. The second-order valence-corrected chi connectivity index (χ2v) is 7.71. The molecule has 1 aromatic carbocycles. The third kappa shape index (κ3) is 3.02. The SMILES string of the molecule is COc1ccc([C@@H]2CC(=O)C[C@@]3(C(C#N)C#N)CC[C@H](C)C[C@@H]23)cc1. The lowest BCUT2D eigenvalue weighted by Crippen LogP contribution is -2.49. The van der Waals surface area contributed by atoms with Crippen LogP contribution >= 0.6 is 0 Å². The van der Waals surface area contributed by atoms with Crippen molar-refractivity contribution in [3.63, 3.8) is 0 Å². The summed E-state index contributed by atoms with van der Waals surface area (Å²) in [6, 6.07) is 12.3. The lowest BCUT2D eigenvalue weighted by Gasteiger charge is -2.52. The average Bonchev–Trinajstić information content (AvgIpc) is 2.63. The molecule has 0 heterocycles. The molecule has 2 aliphatic carbocycles. The first-order valence-corrected chi connectivity index (χ1v) is 8.99. The Kier molecular flexibility index (Phi) is 4.82. The second-order valence-electron chi connectivity index (χ2n) is 7.71. The van der Waals surface area contributed by atoms with Crippen molar-refractivity contribution in [2.24, 2.45) is 23.2 Å². The van der Waals surface area contributed by atoms with E-state index in [4.69, 9.17) is 4.74 Å². The molecular weight excluding hydrogens is 312 g/mol. The van der Waals surface area contributed by atoms with Gasteiger partial charge in [0.1, 0.15) is 17.5 Å². The van der Waals surface area contributed by atoms with E-state index in [0.29, 0.717) is 18.8 Å². The third-order valence-electron chi connectivity index (χ3n) is 6.33. The van der Waals surface area contributed by atoms with Crippen LogP contribution < -0.4 is 4.74 Å². The van der Waals surface area contributed by atoms with E-state index in [1.807, 2.05) is 24.3 Å². The fraction of sp³-hybridized carbons (Fsp3) is 0.571. The van der Waals surface area contributed by atoms with Crippen LogP contribution in [0, 0.1) is 45.8 Å². The van der Waals surface area contributed by atoms with Crippen LogP contribution in [-0.2, 0) is 4.79 Å². The number of methoxy groups -OCH3 is 1. The molecule has 0 radical (unpaired) electrons. The minimum Gasteiger partial charge on any atom is -0.497 e. The molecule has 0 aliphatic heterocycles. The highest BCUT2D eigenvalue weighted by Crippen LogP contribution is 2.59. The van der Waals surface area contributed by atoms with Gasteiger partial charge in [0.2, 0.25) is 0 Å². The van der Waals surface area contributed by atoms with Gasteiger partial charge in [-0.3, -0.25) is 4.79 Å². The first-order chi connectivity index (χ1) is 12.0. The predicted molar refractivity (Wildman–Crippen MR) is 93.6 cm³/mol. The summed E-state index contributed by atoms with van der Waals surface area (Å²) in [5.74, 6) is 1.11. The number of nitriles is 2. The van der Waals surface area contributed by atoms with Crippen LogP contribution in [0.1, 0.15) is 50.5 Å². The number of carbonyl (C=O) groups excluding carboxylic acids is 1. The van der Waals surface area contributed by atoms with Gasteiger partial charge in [-0.15, -0.1) is 0 Å². The third-order valence-corrected chi connectivity index (χ3v) is 6.33. The van der Waals surface area contributed by atoms with E-state index < -0.39 is 11.3 Å². The predicted octanol–water partition coefficient (Wildman–Crippen LogP) is 4.23. The van der Waals surface area contributed by atoms with E-state index in [0.717, 1.165) is 30.6 Å². The number of hydrogen-bond donors (Lipinski definition) is 0. The van der Waals surface area contributed by atoms with Crippen LogP contribution in [0.25, 0.3) is 0 Å². The van der Waals surface area contributed by atoms with E-state index in [1.54, 1.807) is 7.11 Å². The Morgan fingerprint density at radius 3 is 2.52 bits per heavy atom. The molecular formula is C21H24N2O2. The normalized spacial score (nSPS) is 31.7. The summed E-state index contributed by atoms with van der Waals surface area (Å²) in [6.45, 7) is 2.24. The molecule has 2 fully saturated rings. The van der Waals surface area contributed by atoms with Crippen molar-refractivity contribution in [3.05, 3.63) is 29.8 Å². The number of benzene rings is 1. The highest BCUT2D eigenvalue weighted by Gasteiger charge is 2.55. The molecule has 2 aliphatic rings. The molecule has 1 aromatic rings. The molecule has 0 unspecified atom stereocenters. The van der Waals surface area contributed by atoms with Gasteiger partial charge in [-0.2, -0.15) is 10.5 Å². The standard InChI is InChI=1S/C21H24N2O2/c1-14-7-8-21(16(12-22)13-23)11-17(24)10-19(20(21)9-14)15-3-5-18(25-2)6-4-15/h3-6,14,16,19-20H,7-11H2,1-2H3/t14-,19-,20-,21+/m0/s1.